The second-order valence-electron chi connectivity index (χ2n) is 4.86. The van der Waals surface area contributed by atoms with Crippen LogP contribution in [0.5, 0.6) is 0 Å². The van der Waals surface area contributed by atoms with Crippen molar-refractivity contribution < 1.29 is 9.13 Å². The first kappa shape index (κ1) is 16.4. The van der Waals surface area contributed by atoms with E-state index >= 15 is 0 Å². The van der Waals surface area contributed by atoms with Crippen LogP contribution in [0.15, 0.2) is 36.4 Å². The Kier molecular flexibility index (Phi) is 6.64. The molecule has 1 N–H and O–H groups in total. The van der Waals surface area contributed by atoms with E-state index in [4.69, 9.17) is 16.3 Å². The largest absolute Gasteiger partial charge is 0.383 e. The number of benzene rings is 1. The van der Waals surface area contributed by atoms with Crippen molar-refractivity contribution in [1.82, 2.24) is 5.32 Å². The molecule has 1 aromatic carbocycles. The fourth-order valence-electron chi connectivity index (χ4n) is 2.20. The van der Waals surface area contributed by atoms with Crippen LogP contribution in [-0.4, -0.2) is 26.8 Å². The monoisotopic (exact) mass is 327 g/mol. The zero-order chi connectivity index (χ0) is 15.1. The third-order valence-electron chi connectivity index (χ3n) is 3.29. The van der Waals surface area contributed by atoms with Crippen LogP contribution in [0.4, 0.5) is 4.39 Å². The lowest BCUT2D eigenvalue weighted by molar-refractivity contribution is 0.199. The smallest absolute Gasteiger partial charge is 0.123 e. The fraction of sp³-hybridized carbons (Fsp3) is 0.375. The van der Waals surface area contributed by atoms with Gasteiger partial charge in [0.05, 0.1) is 10.9 Å². The van der Waals surface area contributed by atoms with E-state index in [1.807, 2.05) is 18.2 Å². The van der Waals surface area contributed by atoms with Crippen molar-refractivity contribution in [3.63, 3.8) is 0 Å². The molecule has 0 radical (unpaired) electrons. The highest BCUT2D eigenvalue weighted by molar-refractivity contribution is 7.16. The predicted molar refractivity (Wildman–Crippen MR) is 86.9 cm³/mol. The number of ether oxygens (including phenoxy) is 1. The van der Waals surface area contributed by atoms with E-state index in [1.54, 1.807) is 18.4 Å². The Morgan fingerprint density at radius 1 is 1.24 bits per heavy atom. The number of hydrogen-bond donors (Lipinski definition) is 1. The minimum atomic E-state index is -0.205. The summed E-state index contributed by atoms with van der Waals surface area (Å²) in [4.78, 5) is 1.24. The first-order chi connectivity index (χ1) is 10.2. The molecule has 0 saturated heterocycles. The molecule has 2 rings (SSSR count). The molecule has 0 aliphatic rings. The Labute approximate surface area is 133 Å². The van der Waals surface area contributed by atoms with Crippen molar-refractivity contribution in [2.24, 2.45) is 0 Å². The van der Waals surface area contributed by atoms with Gasteiger partial charge in [0.2, 0.25) is 0 Å². The molecule has 2 nitrogen and oxygen atoms in total. The van der Waals surface area contributed by atoms with Crippen molar-refractivity contribution in [3.8, 4) is 0 Å². The van der Waals surface area contributed by atoms with Gasteiger partial charge in [-0.05, 0) is 36.2 Å². The molecule has 1 aromatic heterocycles. The highest BCUT2D eigenvalue weighted by Crippen LogP contribution is 2.27. The zero-order valence-corrected chi connectivity index (χ0v) is 13.5. The molecule has 0 fully saturated rings. The van der Waals surface area contributed by atoms with Gasteiger partial charge in [0.25, 0.3) is 0 Å². The van der Waals surface area contributed by atoms with Crippen molar-refractivity contribution in [3.05, 3.63) is 57.0 Å². The van der Waals surface area contributed by atoms with Gasteiger partial charge in [-0.3, -0.25) is 0 Å². The van der Waals surface area contributed by atoms with Gasteiger partial charge in [0.15, 0.2) is 0 Å². The first-order valence-corrected chi connectivity index (χ1v) is 8.08. The second-order valence-corrected chi connectivity index (χ2v) is 6.65. The average Bonchev–Trinajstić information content (AvgIpc) is 2.88. The summed E-state index contributed by atoms with van der Waals surface area (Å²) in [6.45, 7) is 2.31. The summed E-state index contributed by atoms with van der Waals surface area (Å²) < 4.78 is 18.9. The summed E-state index contributed by atoms with van der Waals surface area (Å²) in [5.41, 5.74) is 1.13. The van der Waals surface area contributed by atoms with Gasteiger partial charge in [-0.2, -0.15) is 0 Å². The fourth-order valence-corrected chi connectivity index (χ4v) is 3.37. The quantitative estimate of drug-likeness (QED) is 0.737. The topological polar surface area (TPSA) is 21.3 Å². The molecule has 21 heavy (non-hydrogen) atoms. The van der Waals surface area contributed by atoms with Gasteiger partial charge in [-0.1, -0.05) is 23.7 Å². The molecule has 114 valence electrons. The van der Waals surface area contributed by atoms with E-state index < -0.39 is 0 Å². The lowest BCUT2D eigenvalue weighted by Crippen LogP contribution is -2.26. The van der Waals surface area contributed by atoms with Crippen molar-refractivity contribution >= 4 is 22.9 Å². The molecule has 0 spiro atoms. The molecular formula is C16H19ClFNOS. The first-order valence-electron chi connectivity index (χ1n) is 6.88. The summed E-state index contributed by atoms with van der Waals surface area (Å²) in [5.74, 6) is 0.0844. The van der Waals surface area contributed by atoms with Gasteiger partial charge in [-0.25, -0.2) is 4.39 Å². The average molecular weight is 328 g/mol. The highest BCUT2D eigenvalue weighted by atomic mass is 35.5. The number of rotatable bonds is 8. The summed E-state index contributed by atoms with van der Waals surface area (Å²) in [7, 11) is 1.69. The molecule has 0 saturated carbocycles. The van der Waals surface area contributed by atoms with Crippen LogP contribution in [0.3, 0.4) is 0 Å². The maximum Gasteiger partial charge on any atom is 0.123 e. The van der Waals surface area contributed by atoms with Gasteiger partial charge >= 0.3 is 0 Å². The molecule has 0 bridgehead atoms. The standard InChI is InChI=1S/C16H19ClFNOS/c1-20-9-8-19-11-13(10-15-6-7-16(17)21-15)12-2-4-14(18)5-3-12/h2-7,13,19H,8-11H2,1H3. The van der Waals surface area contributed by atoms with Gasteiger partial charge < -0.3 is 10.1 Å². The Morgan fingerprint density at radius 2 is 2.00 bits per heavy atom. The van der Waals surface area contributed by atoms with Gasteiger partial charge in [0, 0.05) is 31.0 Å². The number of methoxy groups -OCH3 is 1. The predicted octanol–water partition coefficient (Wildman–Crippen LogP) is 4.10. The van der Waals surface area contributed by atoms with Crippen LogP contribution >= 0.6 is 22.9 Å². The zero-order valence-electron chi connectivity index (χ0n) is 11.9. The molecule has 1 heterocycles. The molecular weight excluding hydrogens is 309 g/mol. The SMILES string of the molecule is COCCNCC(Cc1ccc(Cl)s1)c1ccc(F)cc1. The molecule has 1 atom stereocenters. The minimum Gasteiger partial charge on any atom is -0.383 e. The molecule has 0 aliphatic heterocycles. The van der Waals surface area contributed by atoms with E-state index in [0.29, 0.717) is 6.61 Å². The van der Waals surface area contributed by atoms with Gasteiger partial charge in [-0.15, -0.1) is 11.3 Å². The number of thiophene rings is 1. The van der Waals surface area contributed by atoms with E-state index in [2.05, 4.69) is 11.4 Å². The van der Waals surface area contributed by atoms with E-state index in [1.165, 1.54) is 17.0 Å². The summed E-state index contributed by atoms with van der Waals surface area (Å²) in [5, 5.41) is 3.38. The maximum absolute atomic E-state index is 13.1. The third-order valence-corrected chi connectivity index (χ3v) is 4.55. The molecule has 2 aromatic rings. The Morgan fingerprint density at radius 3 is 2.62 bits per heavy atom. The summed E-state index contributed by atoms with van der Waals surface area (Å²) >= 11 is 7.59. The Bertz CT molecular complexity index is 543. The lowest BCUT2D eigenvalue weighted by atomic mass is 9.95. The van der Waals surface area contributed by atoms with Crippen molar-refractivity contribution in [1.29, 1.82) is 0 Å². The Balaban J connectivity index is 2.04. The number of hydrogen-bond acceptors (Lipinski definition) is 3. The van der Waals surface area contributed by atoms with E-state index in [0.717, 1.165) is 29.4 Å². The second kappa shape index (κ2) is 8.49. The number of nitrogens with one attached hydrogen (secondary N) is 1. The summed E-state index contributed by atoms with van der Waals surface area (Å²) in [6, 6.07) is 10.7. The van der Waals surface area contributed by atoms with E-state index in [-0.39, 0.29) is 11.7 Å². The third kappa shape index (κ3) is 5.40. The molecule has 1 unspecified atom stereocenters. The van der Waals surface area contributed by atoms with Crippen LogP contribution < -0.4 is 5.32 Å². The van der Waals surface area contributed by atoms with Gasteiger partial charge in [0.1, 0.15) is 5.82 Å². The van der Waals surface area contributed by atoms with E-state index in [9.17, 15) is 4.39 Å². The van der Waals surface area contributed by atoms with Crippen LogP contribution in [0.1, 0.15) is 16.4 Å². The normalized spacial score (nSPS) is 12.5. The Hall–Kier alpha value is -0.940. The van der Waals surface area contributed by atoms with Crippen molar-refractivity contribution in [2.45, 2.75) is 12.3 Å². The number of halogens is 2. The van der Waals surface area contributed by atoms with Crippen LogP contribution in [0.25, 0.3) is 0 Å². The maximum atomic E-state index is 13.1. The minimum absolute atomic E-state index is 0.205. The van der Waals surface area contributed by atoms with Crippen LogP contribution in [0.2, 0.25) is 4.34 Å². The molecule has 0 aliphatic carbocycles. The molecule has 5 heteroatoms. The summed E-state index contributed by atoms with van der Waals surface area (Å²) in [6.07, 6.45) is 0.892. The van der Waals surface area contributed by atoms with Crippen LogP contribution in [0, 0.1) is 5.82 Å². The lowest BCUT2D eigenvalue weighted by Gasteiger charge is -2.17. The van der Waals surface area contributed by atoms with Crippen molar-refractivity contribution in [2.75, 3.05) is 26.8 Å². The molecule has 0 amide bonds. The van der Waals surface area contributed by atoms with Crippen LogP contribution in [-0.2, 0) is 11.2 Å². The highest BCUT2D eigenvalue weighted by Gasteiger charge is 2.13.